The molecule has 2 amide bonds. The minimum Gasteiger partial charge on any atom is -0.389 e. The molecule has 6 heteroatoms. The molecule has 120 valence electrons. The summed E-state index contributed by atoms with van der Waals surface area (Å²) in [6.45, 7) is 7.74. The fourth-order valence-corrected chi connectivity index (χ4v) is 2.26. The molecule has 0 atom stereocenters. The third kappa shape index (κ3) is 3.98. The summed E-state index contributed by atoms with van der Waals surface area (Å²) >= 11 is 0. The second kappa shape index (κ2) is 5.96. The fourth-order valence-electron chi connectivity index (χ4n) is 2.26. The van der Waals surface area contributed by atoms with E-state index in [9.17, 15) is 9.90 Å². The molecule has 1 aromatic carbocycles. The number of nitrogens with one attached hydrogen (secondary N) is 1. The summed E-state index contributed by atoms with van der Waals surface area (Å²) in [5.41, 5.74) is 0.689. The molecule has 2 N–H and O–H groups in total. The molecule has 0 spiro atoms. The molecule has 0 radical (unpaired) electrons. The number of amides is 2. The van der Waals surface area contributed by atoms with Crippen molar-refractivity contribution >= 4 is 22.6 Å². The molecule has 0 saturated carbocycles. The number of rotatable bonds is 4. The summed E-state index contributed by atoms with van der Waals surface area (Å²) in [6.07, 6.45) is 1.97. The predicted molar refractivity (Wildman–Crippen MR) is 88.1 cm³/mol. The fraction of sp³-hybridized carbons (Fsp3) is 0.500. The number of carbonyl (C=O) groups is 1. The smallest absolute Gasteiger partial charge is 0.321 e. The Hall–Kier alpha value is -2.08. The van der Waals surface area contributed by atoms with Crippen LogP contribution in [0.15, 0.2) is 24.4 Å². The molecule has 2 rings (SSSR count). The molecule has 0 fully saturated rings. The molecular formula is C16H24N4O2. The van der Waals surface area contributed by atoms with Crippen molar-refractivity contribution in [2.75, 3.05) is 18.9 Å². The Bertz CT molecular complexity index is 670. The van der Waals surface area contributed by atoms with E-state index >= 15 is 0 Å². The number of likely N-dealkylation sites (N-methyl/N-ethyl adjacent to an activating group) is 1. The third-order valence-corrected chi connectivity index (χ3v) is 3.27. The normalized spacial score (nSPS) is 12.0. The van der Waals surface area contributed by atoms with E-state index in [-0.39, 0.29) is 12.6 Å². The molecular weight excluding hydrogens is 280 g/mol. The Morgan fingerprint density at radius 3 is 2.73 bits per heavy atom. The Labute approximate surface area is 130 Å². The first kappa shape index (κ1) is 16.3. The lowest BCUT2D eigenvalue weighted by Crippen LogP contribution is -2.41. The summed E-state index contributed by atoms with van der Waals surface area (Å²) in [6, 6.07) is 5.66. The first-order chi connectivity index (χ1) is 10.2. The van der Waals surface area contributed by atoms with Crippen LogP contribution in [0.2, 0.25) is 0 Å². The maximum Gasteiger partial charge on any atom is 0.321 e. The summed E-state index contributed by atoms with van der Waals surface area (Å²) in [5.74, 6) is 0. The lowest BCUT2D eigenvalue weighted by Gasteiger charge is -2.25. The molecule has 22 heavy (non-hydrogen) atoms. The number of fused-ring (bicyclic) bond motifs is 1. The molecule has 0 unspecified atom stereocenters. The topological polar surface area (TPSA) is 70.4 Å². The van der Waals surface area contributed by atoms with Crippen LogP contribution in [0.25, 0.3) is 10.9 Å². The number of aromatic nitrogens is 2. The first-order valence-electron chi connectivity index (χ1n) is 7.39. The van der Waals surface area contributed by atoms with Crippen LogP contribution in [0.5, 0.6) is 0 Å². The van der Waals surface area contributed by atoms with E-state index in [1.54, 1.807) is 20.9 Å². The predicted octanol–water partition coefficient (Wildman–Crippen LogP) is 2.85. The van der Waals surface area contributed by atoms with Crippen LogP contribution < -0.4 is 5.32 Å². The minimum atomic E-state index is -0.922. The molecule has 1 aromatic heterocycles. The van der Waals surface area contributed by atoms with Gasteiger partial charge in [-0.2, -0.15) is 5.10 Å². The van der Waals surface area contributed by atoms with Crippen molar-refractivity contribution < 1.29 is 9.90 Å². The highest BCUT2D eigenvalue weighted by molar-refractivity contribution is 5.92. The van der Waals surface area contributed by atoms with Crippen LogP contribution in [0.1, 0.15) is 33.7 Å². The van der Waals surface area contributed by atoms with Crippen LogP contribution in [-0.4, -0.2) is 45.0 Å². The van der Waals surface area contributed by atoms with Crippen LogP contribution in [-0.2, 0) is 0 Å². The number of benzene rings is 1. The third-order valence-electron chi connectivity index (χ3n) is 3.27. The van der Waals surface area contributed by atoms with Gasteiger partial charge in [-0.05, 0) is 45.9 Å². The van der Waals surface area contributed by atoms with Gasteiger partial charge in [0.25, 0.3) is 0 Å². The largest absolute Gasteiger partial charge is 0.389 e. The van der Waals surface area contributed by atoms with E-state index in [0.717, 1.165) is 10.9 Å². The minimum absolute atomic E-state index is 0.252. The molecule has 0 bridgehead atoms. The van der Waals surface area contributed by atoms with E-state index < -0.39 is 5.60 Å². The Kier molecular flexibility index (Phi) is 4.42. The van der Waals surface area contributed by atoms with Crippen LogP contribution in [0.3, 0.4) is 0 Å². The summed E-state index contributed by atoms with van der Waals surface area (Å²) in [5, 5.41) is 18.1. The Morgan fingerprint density at radius 1 is 1.45 bits per heavy atom. The number of hydrogen-bond donors (Lipinski definition) is 2. The highest BCUT2D eigenvalue weighted by Crippen LogP contribution is 2.20. The van der Waals surface area contributed by atoms with Gasteiger partial charge >= 0.3 is 6.03 Å². The van der Waals surface area contributed by atoms with Crippen LogP contribution in [0, 0.1) is 0 Å². The lowest BCUT2D eigenvalue weighted by molar-refractivity contribution is 0.0550. The van der Waals surface area contributed by atoms with E-state index in [0.29, 0.717) is 11.7 Å². The number of hydrogen-bond acceptors (Lipinski definition) is 3. The molecule has 0 saturated heterocycles. The van der Waals surface area contributed by atoms with E-state index in [4.69, 9.17) is 0 Å². The van der Waals surface area contributed by atoms with Crippen LogP contribution in [0.4, 0.5) is 10.5 Å². The number of aliphatic hydroxyl groups is 1. The van der Waals surface area contributed by atoms with Gasteiger partial charge in [0.05, 0.1) is 17.7 Å². The van der Waals surface area contributed by atoms with Crippen molar-refractivity contribution in [2.45, 2.75) is 39.3 Å². The van der Waals surface area contributed by atoms with Gasteiger partial charge in [0.2, 0.25) is 0 Å². The van der Waals surface area contributed by atoms with Crippen molar-refractivity contribution in [1.82, 2.24) is 14.7 Å². The zero-order chi connectivity index (χ0) is 16.5. The van der Waals surface area contributed by atoms with Gasteiger partial charge < -0.3 is 15.3 Å². The van der Waals surface area contributed by atoms with Gasteiger partial charge in [-0.3, -0.25) is 4.68 Å². The zero-order valence-electron chi connectivity index (χ0n) is 13.8. The lowest BCUT2D eigenvalue weighted by atomic mass is 10.1. The molecule has 0 aliphatic heterocycles. The van der Waals surface area contributed by atoms with E-state index in [1.165, 1.54) is 4.90 Å². The van der Waals surface area contributed by atoms with E-state index in [1.807, 2.05) is 29.1 Å². The summed E-state index contributed by atoms with van der Waals surface area (Å²) in [7, 11) is 1.66. The number of carbonyl (C=O) groups excluding carboxylic acids is 1. The summed E-state index contributed by atoms with van der Waals surface area (Å²) < 4.78 is 1.90. The van der Waals surface area contributed by atoms with Gasteiger partial charge in [0, 0.05) is 30.4 Å². The SMILES string of the molecule is CC(C)n1cc2cc(NC(=O)N(C)CC(C)(C)O)ccc2n1. The zero-order valence-corrected chi connectivity index (χ0v) is 13.8. The average Bonchev–Trinajstić information content (AvgIpc) is 2.79. The average molecular weight is 304 g/mol. The monoisotopic (exact) mass is 304 g/mol. The van der Waals surface area contributed by atoms with Crippen molar-refractivity contribution in [3.63, 3.8) is 0 Å². The Balaban J connectivity index is 2.12. The maximum absolute atomic E-state index is 12.1. The Morgan fingerprint density at radius 2 is 2.14 bits per heavy atom. The summed E-state index contributed by atoms with van der Waals surface area (Å²) in [4.78, 5) is 13.6. The second-order valence-corrected chi connectivity index (χ2v) is 6.58. The number of anilines is 1. The number of nitrogens with zero attached hydrogens (tertiary/aromatic N) is 3. The quantitative estimate of drug-likeness (QED) is 0.912. The molecule has 0 aliphatic carbocycles. The standard InChI is InChI=1S/C16H24N4O2/c1-11(2)20-9-12-8-13(6-7-14(12)18-20)17-15(21)19(5)10-16(3,4)22/h6-9,11,22H,10H2,1-5H3,(H,17,21). The van der Waals surface area contributed by atoms with Crippen molar-refractivity contribution in [2.24, 2.45) is 0 Å². The molecule has 6 nitrogen and oxygen atoms in total. The van der Waals surface area contributed by atoms with E-state index in [2.05, 4.69) is 24.3 Å². The van der Waals surface area contributed by atoms with Gasteiger partial charge in [-0.1, -0.05) is 0 Å². The van der Waals surface area contributed by atoms with Gasteiger partial charge in [-0.25, -0.2) is 4.79 Å². The van der Waals surface area contributed by atoms with Crippen LogP contribution >= 0.6 is 0 Å². The van der Waals surface area contributed by atoms with Crippen molar-refractivity contribution in [3.05, 3.63) is 24.4 Å². The maximum atomic E-state index is 12.1. The van der Waals surface area contributed by atoms with Crippen molar-refractivity contribution in [1.29, 1.82) is 0 Å². The second-order valence-electron chi connectivity index (χ2n) is 6.58. The van der Waals surface area contributed by atoms with Gasteiger partial charge in [0.1, 0.15) is 0 Å². The number of urea groups is 1. The highest BCUT2D eigenvalue weighted by Gasteiger charge is 2.19. The highest BCUT2D eigenvalue weighted by atomic mass is 16.3. The molecule has 1 heterocycles. The van der Waals surface area contributed by atoms with Gasteiger partial charge in [0.15, 0.2) is 0 Å². The molecule has 0 aliphatic rings. The van der Waals surface area contributed by atoms with Gasteiger partial charge in [-0.15, -0.1) is 0 Å². The first-order valence-corrected chi connectivity index (χ1v) is 7.39. The van der Waals surface area contributed by atoms with Crippen molar-refractivity contribution in [3.8, 4) is 0 Å². The molecule has 2 aromatic rings.